The van der Waals surface area contributed by atoms with Gasteiger partial charge in [-0.25, -0.2) is 13.1 Å². The number of nitrogens with one attached hydrogen (secondary N) is 1. The Kier molecular flexibility index (Phi) is 4.61. The average Bonchev–Trinajstić information content (AvgIpc) is 2.88. The molecule has 1 N–H and O–H groups in total. The first-order valence-electron chi connectivity index (χ1n) is 5.52. The minimum atomic E-state index is -3.51. The number of rotatable bonds is 6. The van der Waals surface area contributed by atoms with E-state index in [0.29, 0.717) is 24.0 Å². The Morgan fingerprint density at radius 1 is 1.37 bits per heavy atom. The number of hydrogen-bond acceptors (Lipinski definition) is 5. The number of sulfonamides is 1. The highest BCUT2D eigenvalue weighted by Crippen LogP contribution is 2.13. The molecule has 102 valence electrons. The molecular formula is C10H12BrN5O2S. The molecule has 9 heteroatoms. The van der Waals surface area contributed by atoms with Gasteiger partial charge < -0.3 is 0 Å². The van der Waals surface area contributed by atoms with Gasteiger partial charge in [-0.3, -0.25) is 9.67 Å². The van der Waals surface area contributed by atoms with Crippen molar-refractivity contribution in [3.05, 3.63) is 35.3 Å². The molecule has 0 saturated carbocycles. The molecule has 0 unspecified atom stereocenters. The van der Waals surface area contributed by atoms with Crippen LogP contribution in [0.3, 0.4) is 0 Å². The van der Waals surface area contributed by atoms with Gasteiger partial charge in [0.2, 0.25) is 10.0 Å². The van der Waals surface area contributed by atoms with Gasteiger partial charge in [0.05, 0.1) is 6.20 Å². The molecule has 7 nitrogen and oxygen atoms in total. The first kappa shape index (κ1) is 14.1. The lowest BCUT2D eigenvalue weighted by atomic mass is 10.4. The zero-order valence-electron chi connectivity index (χ0n) is 9.90. The highest BCUT2D eigenvalue weighted by Gasteiger charge is 2.13. The summed E-state index contributed by atoms with van der Waals surface area (Å²) in [6, 6.07) is 1.51. The van der Waals surface area contributed by atoms with Gasteiger partial charge in [0.25, 0.3) is 0 Å². The van der Waals surface area contributed by atoms with E-state index in [4.69, 9.17) is 0 Å². The Morgan fingerprint density at radius 2 is 2.21 bits per heavy atom. The molecule has 0 saturated heterocycles. The summed E-state index contributed by atoms with van der Waals surface area (Å²) in [5.41, 5.74) is 0. The molecule has 0 fully saturated rings. The number of hydrogen-bond donors (Lipinski definition) is 1. The molecule has 19 heavy (non-hydrogen) atoms. The lowest BCUT2D eigenvalue weighted by Gasteiger charge is -2.06. The summed E-state index contributed by atoms with van der Waals surface area (Å²) in [6.07, 6.45) is 6.78. The van der Waals surface area contributed by atoms with Gasteiger partial charge in [-0.2, -0.15) is 0 Å². The molecule has 0 amide bonds. The number of halogens is 1. The van der Waals surface area contributed by atoms with Crippen LogP contribution in [0.4, 0.5) is 0 Å². The quantitative estimate of drug-likeness (QED) is 0.782. The first-order valence-corrected chi connectivity index (χ1v) is 7.80. The van der Waals surface area contributed by atoms with Gasteiger partial charge in [-0.05, 0) is 28.4 Å². The fourth-order valence-corrected chi connectivity index (χ4v) is 3.00. The molecule has 2 rings (SSSR count). The zero-order chi connectivity index (χ0) is 13.7. The Morgan fingerprint density at radius 3 is 2.89 bits per heavy atom. The fraction of sp³-hybridized carbons (Fsp3) is 0.300. The summed E-state index contributed by atoms with van der Waals surface area (Å²) in [6.45, 7) is 0.938. The predicted octanol–water partition coefficient (Wildman–Crippen LogP) is 0.804. The third kappa shape index (κ3) is 4.08. The standard InChI is InChI=1S/C10H12BrN5O2S/c11-9-6-10(8-12-7-9)19(17,18)14-2-1-4-16-5-3-13-15-16/h3,5-8,14H,1-2,4H2. The third-order valence-corrected chi connectivity index (χ3v) is 4.18. The Balaban J connectivity index is 1.88. The van der Waals surface area contributed by atoms with Crippen molar-refractivity contribution in [2.24, 2.45) is 0 Å². The molecule has 0 aromatic carbocycles. The summed E-state index contributed by atoms with van der Waals surface area (Å²) in [7, 11) is -3.51. The number of aromatic nitrogens is 4. The number of aryl methyl sites for hydroxylation is 1. The minimum absolute atomic E-state index is 0.141. The van der Waals surface area contributed by atoms with Gasteiger partial charge >= 0.3 is 0 Å². The van der Waals surface area contributed by atoms with E-state index < -0.39 is 10.0 Å². The summed E-state index contributed by atoms with van der Waals surface area (Å²) in [5.74, 6) is 0. The topological polar surface area (TPSA) is 89.8 Å². The van der Waals surface area contributed by atoms with Crippen LogP contribution in [0.15, 0.2) is 40.2 Å². The van der Waals surface area contributed by atoms with Crippen LogP contribution in [0, 0.1) is 0 Å². The van der Waals surface area contributed by atoms with Gasteiger partial charge in [0.15, 0.2) is 0 Å². The van der Waals surface area contributed by atoms with E-state index in [1.165, 1.54) is 18.5 Å². The van der Waals surface area contributed by atoms with Crippen molar-refractivity contribution in [1.82, 2.24) is 24.7 Å². The molecule has 2 aromatic rings. The Hall–Kier alpha value is -1.32. The van der Waals surface area contributed by atoms with E-state index in [0.717, 1.165) is 0 Å². The molecule has 0 radical (unpaired) electrons. The van der Waals surface area contributed by atoms with Gasteiger partial charge in [-0.15, -0.1) is 5.10 Å². The normalized spacial score (nSPS) is 11.6. The summed E-state index contributed by atoms with van der Waals surface area (Å²) < 4.78 is 28.7. The van der Waals surface area contributed by atoms with Crippen LogP contribution in [0.2, 0.25) is 0 Å². The zero-order valence-corrected chi connectivity index (χ0v) is 12.3. The predicted molar refractivity (Wildman–Crippen MR) is 71.8 cm³/mol. The van der Waals surface area contributed by atoms with Gasteiger partial charge in [0, 0.05) is 36.2 Å². The number of pyridine rings is 1. The molecule has 0 aliphatic carbocycles. The summed E-state index contributed by atoms with van der Waals surface area (Å²) in [4.78, 5) is 3.97. The molecule has 2 heterocycles. The second kappa shape index (κ2) is 6.22. The SMILES string of the molecule is O=S(=O)(NCCCn1ccnn1)c1cncc(Br)c1. The Bertz CT molecular complexity index is 629. The maximum Gasteiger partial charge on any atom is 0.242 e. The lowest BCUT2D eigenvalue weighted by molar-refractivity contribution is 0.542. The van der Waals surface area contributed by atoms with Crippen LogP contribution < -0.4 is 4.72 Å². The van der Waals surface area contributed by atoms with Crippen molar-refractivity contribution in [2.45, 2.75) is 17.9 Å². The number of nitrogens with zero attached hydrogens (tertiary/aromatic N) is 4. The minimum Gasteiger partial charge on any atom is -0.262 e. The van der Waals surface area contributed by atoms with E-state index in [-0.39, 0.29) is 4.90 Å². The molecule has 2 aromatic heterocycles. The molecular weight excluding hydrogens is 334 g/mol. The molecule has 0 spiro atoms. The molecule has 0 aliphatic heterocycles. The van der Waals surface area contributed by atoms with Crippen molar-refractivity contribution < 1.29 is 8.42 Å². The van der Waals surface area contributed by atoms with E-state index >= 15 is 0 Å². The van der Waals surface area contributed by atoms with Crippen LogP contribution in [0.1, 0.15) is 6.42 Å². The van der Waals surface area contributed by atoms with Crippen molar-refractivity contribution in [3.8, 4) is 0 Å². The second-order valence-corrected chi connectivity index (χ2v) is 6.44. The van der Waals surface area contributed by atoms with Crippen LogP contribution in [0.5, 0.6) is 0 Å². The van der Waals surface area contributed by atoms with Crippen molar-refractivity contribution in [3.63, 3.8) is 0 Å². The smallest absolute Gasteiger partial charge is 0.242 e. The van der Waals surface area contributed by atoms with Gasteiger partial charge in [0.1, 0.15) is 4.90 Å². The van der Waals surface area contributed by atoms with E-state index in [1.807, 2.05) is 0 Å². The maximum atomic E-state index is 11.9. The van der Waals surface area contributed by atoms with Crippen LogP contribution in [0.25, 0.3) is 0 Å². The monoisotopic (exact) mass is 345 g/mol. The molecule has 0 atom stereocenters. The van der Waals surface area contributed by atoms with Crippen molar-refractivity contribution >= 4 is 26.0 Å². The highest BCUT2D eigenvalue weighted by molar-refractivity contribution is 9.10. The first-order chi connectivity index (χ1) is 9.08. The van der Waals surface area contributed by atoms with Crippen LogP contribution in [-0.2, 0) is 16.6 Å². The lowest BCUT2D eigenvalue weighted by Crippen LogP contribution is -2.25. The maximum absolute atomic E-state index is 11.9. The highest BCUT2D eigenvalue weighted by atomic mass is 79.9. The molecule has 0 aliphatic rings. The van der Waals surface area contributed by atoms with Crippen molar-refractivity contribution in [2.75, 3.05) is 6.54 Å². The van der Waals surface area contributed by atoms with Gasteiger partial charge in [-0.1, -0.05) is 5.21 Å². The average molecular weight is 346 g/mol. The fourth-order valence-electron chi connectivity index (χ4n) is 1.42. The van der Waals surface area contributed by atoms with Crippen LogP contribution in [-0.4, -0.2) is 34.9 Å². The summed E-state index contributed by atoms with van der Waals surface area (Å²) >= 11 is 3.19. The van der Waals surface area contributed by atoms with Crippen molar-refractivity contribution in [1.29, 1.82) is 0 Å². The van der Waals surface area contributed by atoms with E-state index in [1.54, 1.807) is 17.1 Å². The second-order valence-electron chi connectivity index (χ2n) is 3.76. The third-order valence-electron chi connectivity index (χ3n) is 2.32. The summed E-state index contributed by atoms with van der Waals surface area (Å²) in [5, 5.41) is 7.46. The molecule has 0 bridgehead atoms. The van der Waals surface area contributed by atoms with E-state index in [9.17, 15) is 8.42 Å². The largest absolute Gasteiger partial charge is 0.262 e. The van der Waals surface area contributed by atoms with E-state index in [2.05, 4.69) is 35.9 Å². The Labute approximate surface area is 119 Å². The van der Waals surface area contributed by atoms with Crippen LogP contribution >= 0.6 is 15.9 Å².